The van der Waals surface area contributed by atoms with E-state index in [0.717, 1.165) is 11.3 Å². The van der Waals surface area contributed by atoms with E-state index in [2.05, 4.69) is 19.2 Å². The Morgan fingerprint density at radius 2 is 2.10 bits per heavy atom. The molecule has 3 atom stereocenters. The Kier molecular flexibility index (Phi) is 5.79. The number of carbonyl (C=O) groups is 1. The van der Waals surface area contributed by atoms with Crippen molar-refractivity contribution in [3.8, 4) is 0 Å². The molecule has 1 saturated carbocycles. The third-order valence-electron chi connectivity index (χ3n) is 4.25. The summed E-state index contributed by atoms with van der Waals surface area (Å²) < 4.78 is 0. The number of halogens is 1. The average molecular weight is 312 g/mol. The van der Waals surface area contributed by atoms with Crippen LogP contribution in [0.1, 0.15) is 33.1 Å². The number of hydrogen-bond acceptors (Lipinski definition) is 2. The van der Waals surface area contributed by atoms with Gasteiger partial charge < -0.3 is 5.32 Å². The number of benzene rings is 1. The van der Waals surface area contributed by atoms with Gasteiger partial charge in [0.25, 0.3) is 0 Å². The van der Waals surface area contributed by atoms with E-state index in [4.69, 9.17) is 11.6 Å². The van der Waals surface area contributed by atoms with Crippen molar-refractivity contribution < 1.29 is 4.79 Å². The quantitative estimate of drug-likeness (QED) is 0.836. The first-order valence-corrected chi connectivity index (χ1v) is 8.61. The van der Waals surface area contributed by atoms with Crippen molar-refractivity contribution in [3.63, 3.8) is 0 Å². The van der Waals surface area contributed by atoms with Crippen molar-refractivity contribution >= 4 is 29.3 Å². The Morgan fingerprint density at radius 1 is 1.35 bits per heavy atom. The van der Waals surface area contributed by atoms with Gasteiger partial charge in [0.2, 0.25) is 5.91 Å². The third-order valence-corrected chi connectivity index (χ3v) is 5.76. The first-order chi connectivity index (χ1) is 9.58. The molecule has 20 heavy (non-hydrogen) atoms. The smallest absolute Gasteiger partial charge is 0.230 e. The zero-order chi connectivity index (χ0) is 14.5. The van der Waals surface area contributed by atoms with E-state index >= 15 is 0 Å². The standard InChI is InChI=1S/C16H22ClNOS/c1-11-6-5-8-14(12(11)2)18-16(19)10-20-15-9-4-3-7-13(15)17/h3-4,7,9,11-12,14H,5-6,8,10H2,1-2H3,(H,18,19)/t11-,12+,14-/m0/s1. The van der Waals surface area contributed by atoms with Crippen LogP contribution >= 0.6 is 23.4 Å². The molecule has 1 N–H and O–H groups in total. The molecule has 0 saturated heterocycles. The molecule has 0 spiro atoms. The molecule has 0 aliphatic heterocycles. The first kappa shape index (κ1) is 15.7. The molecule has 1 aromatic carbocycles. The van der Waals surface area contributed by atoms with Crippen molar-refractivity contribution in [1.29, 1.82) is 0 Å². The number of rotatable bonds is 4. The minimum atomic E-state index is 0.112. The van der Waals surface area contributed by atoms with Crippen LogP contribution in [-0.4, -0.2) is 17.7 Å². The molecule has 1 aliphatic carbocycles. The zero-order valence-electron chi connectivity index (χ0n) is 12.1. The Labute approximate surface area is 130 Å². The van der Waals surface area contributed by atoms with Crippen LogP contribution in [0.3, 0.4) is 0 Å². The van der Waals surface area contributed by atoms with Gasteiger partial charge in [0.15, 0.2) is 0 Å². The number of carbonyl (C=O) groups excluding carboxylic acids is 1. The molecular formula is C16H22ClNOS. The average Bonchev–Trinajstić information content (AvgIpc) is 2.43. The molecule has 1 aromatic rings. The summed E-state index contributed by atoms with van der Waals surface area (Å²) in [7, 11) is 0. The van der Waals surface area contributed by atoms with Gasteiger partial charge in [-0.05, 0) is 30.4 Å². The van der Waals surface area contributed by atoms with Crippen LogP contribution in [0, 0.1) is 11.8 Å². The Balaban J connectivity index is 1.82. The predicted octanol–water partition coefficient (Wildman–Crippen LogP) is 4.37. The van der Waals surface area contributed by atoms with Crippen LogP contribution in [0.15, 0.2) is 29.2 Å². The number of thioether (sulfide) groups is 1. The fourth-order valence-corrected chi connectivity index (χ4v) is 3.79. The molecule has 0 unspecified atom stereocenters. The van der Waals surface area contributed by atoms with Crippen molar-refractivity contribution in [2.75, 3.05) is 5.75 Å². The molecule has 110 valence electrons. The highest BCUT2D eigenvalue weighted by atomic mass is 35.5. The number of hydrogen-bond donors (Lipinski definition) is 1. The summed E-state index contributed by atoms with van der Waals surface area (Å²) in [6.07, 6.45) is 3.60. The fourth-order valence-electron chi connectivity index (χ4n) is 2.74. The van der Waals surface area contributed by atoms with E-state index in [1.165, 1.54) is 24.6 Å². The second-order valence-corrected chi connectivity index (χ2v) is 7.08. The summed E-state index contributed by atoms with van der Waals surface area (Å²) >= 11 is 7.59. The summed E-state index contributed by atoms with van der Waals surface area (Å²) in [6.45, 7) is 4.53. The minimum Gasteiger partial charge on any atom is -0.352 e. The lowest BCUT2D eigenvalue weighted by atomic mass is 9.78. The van der Waals surface area contributed by atoms with Crippen molar-refractivity contribution in [1.82, 2.24) is 5.32 Å². The van der Waals surface area contributed by atoms with E-state index in [0.29, 0.717) is 28.7 Å². The highest BCUT2D eigenvalue weighted by molar-refractivity contribution is 8.00. The lowest BCUT2D eigenvalue weighted by Gasteiger charge is -2.34. The Morgan fingerprint density at radius 3 is 2.85 bits per heavy atom. The van der Waals surface area contributed by atoms with Gasteiger partial charge in [-0.2, -0.15) is 0 Å². The van der Waals surface area contributed by atoms with E-state index < -0.39 is 0 Å². The Hall–Kier alpha value is -0.670. The van der Waals surface area contributed by atoms with E-state index in [1.54, 1.807) is 0 Å². The van der Waals surface area contributed by atoms with Crippen LogP contribution in [0.2, 0.25) is 5.02 Å². The largest absolute Gasteiger partial charge is 0.352 e. The van der Waals surface area contributed by atoms with Crippen LogP contribution in [-0.2, 0) is 4.79 Å². The molecule has 4 heteroatoms. The van der Waals surface area contributed by atoms with Gasteiger partial charge in [-0.15, -0.1) is 11.8 Å². The van der Waals surface area contributed by atoms with Gasteiger partial charge in [-0.25, -0.2) is 0 Å². The number of nitrogens with one attached hydrogen (secondary N) is 1. The van der Waals surface area contributed by atoms with Crippen molar-refractivity contribution in [2.45, 2.75) is 44.0 Å². The maximum atomic E-state index is 12.1. The first-order valence-electron chi connectivity index (χ1n) is 7.24. The maximum absolute atomic E-state index is 12.1. The molecule has 0 heterocycles. The molecule has 2 nitrogen and oxygen atoms in total. The molecular weight excluding hydrogens is 290 g/mol. The molecule has 2 rings (SSSR count). The van der Waals surface area contributed by atoms with Crippen molar-refractivity contribution in [2.24, 2.45) is 11.8 Å². The van der Waals surface area contributed by atoms with Crippen LogP contribution in [0.5, 0.6) is 0 Å². The second-order valence-electron chi connectivity index (χ2n) is 5.66. The summed E-state index contributed by atoms with van der Waals surface area (Å²) in [5.41, 5.74) is 0. The van der Waals surface area contributed by atoms with Gasteiger partial charge in [-0.3, -0.25) is 4.79 Å². The number of amides is 1. The van der Waals surface area contributed by atoms with Crippen molar-refractivity contribution in [3.05, 3.63) is 29.3 Å². The highest BCUT2D eigenvalue weighted by Crippen LogP contribution is 2.30. The summed E-state index contributed by atoms with van der Waals surface area (Å²) in [6, 6.07) is 7.98. The fraction of sp³-hybridized carbons (Fsp3) is 0.562. The SMILES string of the molecule is C[C@H]1[C@@H](NC(=O)CSc2ccccc2Cl)CCC[C@@H]1C. The predicted molar refractivity (Wildman–Crippen MR) is 86.3 cm³/mol. The molecule has 1 aliphatic rings. The van der Waals surface area contributed by atoms with Crippen LogP contribution in [0.4, 0.5) is 0 Å². The summed E-state index contributed by atoms with van der Waals surface area (Å²) in [4.78, 5) is 13.0. The van der Waals surface area contributed by atoms with Crippen LogP contribution < -0.4 is 5.32 Å². The third kappa shape index (κ3) is 4.16. The van der Waals surface area contributed by atoms with Gasteiger partial charge >= 0.3 is 0 Å². The molecule has 0 bridgehead atoms. The second kappa shape index (κ2) is 7.37. The van der Waals surface area contributed by atoms with Gasteiger partial charge in [0, 0.05) is 10.9 Å². The topological polar surface area (TPSA) is 29.1 Å². The summed E-state index contributed by atoms with van der Waals surface area (Å²) in [5.74, 6) is 1.81. The lowest BCUT2D eigenvalue weighted by Crippen LogP contribution is -2.44. The highest BCUT2D eigenvalue weighted by Gasteiger charge is 2.27. The van der Waals surface area contributed by atoms with Gasteiger partial charge in [0.1, 0.15) is 0 Å². The minimum absolute atomic E-state index is 0.112. The van der Waals surface area contributed by atoms with E-state index in [-0.39, 0.29) is 5.91 Å². The van der Waals surface area contributed by atoms with E-state index in [1.807, 2.05) is 24.3 Å². The van der Waals surface area contributed by atoms with Gasteiger partial charge in [0.05, 0.1) is 10.8 Å². The Bertz CT molecular complexity index is 466. The molecule has 1 amide bonds. The maximum Gasteiger partial charge on any atom is 0.230 e. The molecule has 1 fully saturated rings. The normalized spacial score (nSPS) is 26.2. The molecule has 0 aromatic heterocycles. The van der Waals surface area contributed by atoms with Crippen LogP contribution in [0.25, 0.3) is 0 Å². The van der Waals surface area contributed by atoms with Gasteiger partial charge in [-0.1, -0.05) is 50.4 Å². The summed E-state index contributed by atoms with van der Waals surface area (Å²) in [5, 5.41) is 3.90. The molecule has 0 radical (unpaired) electrons. The lowest BCUT2D eigenvalue weighted by molar-refractivity contribution is -0.119. The van der Waals surface area contributed by atoms with E-state index in [9.17, 15) is 4.79 Å². The monoisotopic (exact) mass is 311 g/mol. The zero-order valence-corrected chi connectivity index (χ0v) is 13.6.